The van der Waals surface area contributed by atoms with Gasteiger partial charge in [0.05, 0.1) is 18.9 Å². The number of fused-ring (bicyclic) bond motifs is 1. The quantitative estimate of drug-likeness (QED) is 0.161. The molecule has 2 aromatic carbocycles. The van der Waals surface area contributed by atoms with Crippen LogP contribution in [0.1, 0.15) is 27.0 Å². The molecule has 1 aliphatic rings. The maximum Gasteiger partial charge on any atom is 0.330 e. The largest absolute Gasteiger partial charge is 0.462 e. The van der Waals surface area contributed by atoms with Gasteiger partial charge in [-0.2, -0.15) is 4.39 Å². The van der Waals surface area contributed by atoms with Gasteiger partial charge in [-0.15, -0.1) is 0 Å². The van der Waals surface area contributed by atoms with Gasteiger partial charge in [0.1, 0.15) is 17.9 Å². The number of ether oxygens (including phenoxy) is 2. The van der Waals surface area contributed by atoms with Gasteiger partial charge in [0.15, 0.2) is 18.0 Å². The van der Waals surface area contributed by atoms with Crippen LogP contribution in [0.4, 0.5) is 17.6 Å². The lowest BCUT2D eigenvalue weighted by Gasteiger charge is -2.34. The van der Waals surface area contributed by atoms with Gasteiger partial charge in [0.2, 0.25) is 5.82 Å². The molecule has 17 heteroatoms. The third-order valence-electron chi connectivity index (χ3n) is 6.45. The van der Waals surface area contributed by atoms with Crippen molar-refractivity contribution in [3.8, 4) is 5.75 Å². The van der Waals surface area contributed by atoms with E-state index in [2.05, 4.69) is 5.09 Å². The SMILES string of the molecule is CC(C)OC(=O)C(C)NP(=S)(OCC1(C(F)F)OC(n2cc(F)c(=O)[nH]c2=O)C(F)C1O)Oc1ccc2ccccc2c1. The summed E-state index contributed by atoms with van der Waals surface area (Å²) >= 11 is 5.56. The summed E-state index contributed by atoms with van der Waals surface area (Å²) in [7, 11) is 0. The maximum absolute atomic E-state index is 15.2. The van der Waals surface area contributed by atoms with Crippen molar-refractivity contribution < 1.29 is 46.0 Å². The number of aromatic nitrogens is 2. The Labute approximate surface area is 246 Å². The zero-order valence-corrected chi connectivity index (χ0v) is 24.6. The molecule has 6 atom stereocenters. The molecule has 0 bridgehead atoms. The fourth-order valence-corrected chi connectivity index (χ4v) is 6.68. The maximum atomic E-state index is 15.2. The molecule has 43 heavy (non-hydrogen) atoms. The summed E-state index contributed by atoms with van der Waals surface area (Å²) in [5, 5.41) is 14.8. The number of aliphatic hydroxyl groups excluding tert-OH is 1. The summed E-state index contributed by atoms with van der Waals surface area (Å²) in [4.78, 5) is 37.7. The van der Waals surface area contributed by atoms with Gasteiger partial charge in [-0.3, -0.25) is 19.1 Å². The van der Waals surface area contributed by atoms with E-state index in [4.69, 9.17) is 30.3 Å². The number of rotatable bonds is 11. The van der Waals surface area contributed by atoms with Crippen LogP contribution in [0.5, 0.6) is 5.75 Å². The highest BCUT2D eigenvalue weighted by Crippen LogP contribution is 2.50. The number of carbonyl (C=O) groups excluding carboxylic acids is 1. The smallest absolute Gasteiger partial charge is 0.330 e. The number of hydrogen-bond acceptors (Lipinski definition) is 9. The second-order valence-corrected chi connectivity index (χ2v) is 13.1. The van der Waals surface area contributed by atoms with Crippen molar-refractivity contribution in [2.24, 2.45) is 0 Å². The first-order valence-electron chi connectivity index (χ1n) is 12.9. The van der Waals surface area contributed by atoms with Crippen molar-refractivity contribution in [3.63, 3.8) is 0 Å². The van der Waals surface area contributed by atoms with Gasteiger partial charge in [0.25, 0.3) is 12.0 Å². The van der Waals surface area contributed by atoms with Crippen molar-refractivity contribution in [1.29, 1.82) is 0 Å². The lowest BCUT2D eigenvalue weighted by molar-refractivity contribution is -0.192. The molecule has 1 aliphatic heterocycles. The minimum Gasteiger partial charge on any atom is -0.462 e. The van der Waals surface area contributed by atoms with Crippen molar-refractivity contribution in [1.82, 2.24) is 14.6 Å². The van der Waals surface area contributed by atoms with Crippen LogP contribution in [0.15, 0.2) is 58.3 Å². The first-order valence-corrected chi connectivity index (χ1v) is 15.5. The molecule has 3 N–H and O–H groups in total. The zero-order chi connectivity index (χ0) is 31.7. The van der Waals surface area contributed by atoms with Crippen LogP contribution in [0.3, 0.4) is 0 Å². The van der Waals surface area contributed by atoms with Crippen LogP contribution in [-0.2, 0) is 30.6 Å². The number of H-pyrrole nitrogens is 1. The second kappa shape index (κ2) is 12.8. The van der Waals surface area contributed by atoms with Crippen molar-refractivity contribution >= 4 is 35.2 Å². The van der Waals surface area contributed by atoms with Crippen LogP contribution in [-0.4, -0.2) is 63.7 Å². The van der Waals surface area contributed by atoms with Gasteiger partial charge in [-0.25, -0.2) is 23.1 Å². The standard InChI is InChI=1S/C26H28F4N3O8PS/c1-13(2)39-23(36)14(3)32-42(43,41-17-9-8-15-6-4-5-7-16(15)10-17)38-12-26(24(29)30)20(34)19(28)22(40-26)33-11-18(27)21(35)31-25(33)37/h4-11,13-14,19-20,22,24,34H,12H2,1-3H3,(H,32,43)(H,31,35,37). The van der Waals surface area contributed by atoms with Crippen molar-refractivity contribution in [2.45, 2.75) is 63.4 Å². The zero-order valence-electron chi connectivity index (χ0n) is 22.9. The van der Waals surface area contributed by atoms with E-state index >= 15 is 4.39 Å². The number of hydrogen-bond donors (Lipinski definition) is 3. The lowest BCUT2D eigenvalue weighted by atomic mass is 9.97. The predicted octanol–water partition coefficient (Wildman–Crippen LogP) is 3.31. The molecular formula is C26H28F4N3O8PS. The van der Waals surface area contributed by atoms with E-state index in [1.165, 1.54) is 13.0 Å². The number of carbonyl (C=O) groups is 1. The van der Waals surface area contributed by atoms with E-state index in [0.29, 0.717) is 0 Å². The topological polar surface area (TPSA) is 141 Å². The Hall–Kier alpha value is -3.14. The Morgan fingerprint density at radius 3 is 2.53 bits per heavy atom. The average Bonchev–Trinajstić information content (AvgIpc) is 3.19. The summed E-state index contributed by atoms with van der Waals surface area (Å²) in [5.74, 6) is -2.16. The summed E-state index contributed by atoms with van der Waals surface area (Å²) in [6.07, 6.45) is -11.5. The number of alkyl halides is 3. The Kier molecular flexibility index (Phi) is 9.79. The normalized spacial score (nSPS) is 24.3. The lowest BCUT2D eigenvalue weighted by Crippen LogP contribution is -2.52. The summed E-state index contributed by atoms with van der Waals surface area (Å²) in [6, 6.07) is 10.9. The fraction of sp³-hybridized carbons (Fsp3) is 0.423. The van der Waals surface area contributed by atoms with Gasteiger partial charge in [-0.05, 0) is 55.5 Å². The molecule has 2 heterocycles. The summed E-state index contributed by atoms with van der Waals surface area (Å²) in [6.45, 7) is -0.723. The van der Waals surface area contributed by atoms with Crippen molar-refractivity contribution in [3.05, 3.63) is 75.3 Å². The van der Waals surface area contributed by atoms with Gasteiger partial charge in [-0.1, -0.05) is 30.3 Å². The first kappa shape index (κ1) is 32.8. The monoisotopic (exact) mass is 649 g/mol. The molecule has 0 saturated carbocycles. The molecule has 1 aromatic heterocycles. The van der Waals surface area contributed by atoms with E-state index in [1.54, 1.807) is 43.1 Å². The number of benzene rings is 2. The van der Waals surface area contributed by atoms with Crippen LogP contribution in [0, 0.1) is 5.82 Å². The third kappa shape index (κ3) is 7.00. The molecule has 0 aliphatic carbocycles. The Morgan fingerprint density at radius 1 is 1.21 bits per heavy atom. The Morgan fingerprint density at radius 2 is 1.88 bits per heavy atom. The Bertz CT molecular complexity index is 1660. The minimum absolute atomic E-state index is 0.134. The number of nitrogens with zero attached hydrogens (tertiary/aromatic N) is 1. The number of esters is 1. The summed E-state index contributed by atoms with van der Waals surface area (Å²) < 4.78 is 80.3. The fourth-order valence-electron chi connectivity index (χ4n) is 4.27. The molecule has 4 rings (SSSR count). The first-order chi connectivity index (χ1) is 20.2. The van der Waals surface area contributed by atoms with Crippen molar-refractivity contribution in [2.75, 3.05) is 6.61 Å². The second-order valence-electron chi connectivity index (χ2n) is 10.0. The van der Waals surface area contributed by atoms with Gasteiger partial charge < -0.3 is 23.6 Å². The number of aliphatic hydroxyl groups is 1. The molecule has 0 amide bonds. The molecule has 0 radical (unpaired) electrons. The number of aromatic amines is 1. The Balaban J connectivity index is 1.66. The molecule has 1 saturated heterocycles. The molecule has 3 aromatic rings. The van der Waals surface area contributed by atoms with Gasteiger partial charge in [0, 0.05) is 0 Å². The van der Waals surface area contributed by atoms with Crippen LogP contribution >= 0.6 is 6.64 Å². The van der Waals surface area contributed by atoms with E-state index < -0.39 is 79.0 Å². The predicted molar refractivity (Wildman–Crippen MR) is 150 cm³/mol. The van der Waals surface area contributed by atoms with Crippen LogP contribution < -0.4 is 20.9 Å². The highest BCUT2D eigenvalue weighted by Gasteiger charge is 2.62. The molecule has 234 valence electrons. The van der Waals surface area contributed by atoms with E-state index in [0.717, 1.165) is 10.8 Å². The number of nitrogens with one attached hydrogen (secondary N) is 2. The molecule has 11 nitrogen and oxygen atoms in total. The molecule has 1 fully saturated rings. The van der Waals surface area contributed by atoms with Crippen LogP contribution in [0.2, 0.25) is 0 Å². The van der Waals surface area contributed by atoms with Gasteiger partial charge >= 0.3 is 18.3 Å². The molecular weight excluding hydrogens is 621 g/mol. The number of halogens is 4. The molecule has 0 spiro atoms. The van der Waals surface area contributed by atoms with E-state index in [-0.39, 0.29) is 16.5 Å². The van der Waals surface area contributed by atoms with E-state index in [1.807, 2.05) is 12.1 Å². The third-order valence-corrected chi connectivity index (χ3v) is 8.93. The highest BCUT2D eigenvalue weighted by atomic mass is 32.5. The van der Waals surface area contributed by atoms with Crippen LogP contribution in [0.25, 0.3) is 10.8 Å². The van der Waals surface area contributed by atoms with E-state index in [9.17, 15) is 32.7 Å². The highest BCUT2D eigenvalue weighted by molar-refractivity contribution is 8.09. The average molecular weight is 650 g/mol. The molecule has 6 unspecified atom stereocenters. The minimum atomic E-state index is -4.01. The summed E-state index contributed by atoms with van der Waals surface area (Å²) in [5.41, 5.74) is -5.95.